The molecule has 5 nitrogen and oxygen atoms in total. The van der Waals surface area contributed by atoms with Gasteiger partial charge in [-0.25, -0.2) is 0 Å². The Hall–Kier alpha value is -2.79. The van der Waals surface area contributed by atoms with Crippen molar-refractivity contribution in [1.82, 2.24) is 15.5 Å². The van der Waals surface area contributed by atoms with Crippen LogP contribution in [0.15, 0.2) is 48.7 Å². The topological polar surface area (TPSA) is 59.2 Å². The van der Waals surface area contributed by atoms with E-state index in [9.17, 15) is 0 Å². The number of aromatic amines is 1. The van der Waals surface area contributed by atoms with Gasteiger partial charge in [0.25, 0.3) is 0 Å². The van der Waals surface area contributed by atoms with Gasteiger partial charge in [-0.05, 0) is 37.1 Å². The van der Waals surface area contributed by atoms with Crippen molar-refractivity contribution < 1.29 is 9.47 Å². The van der Waals surface area contributed by atoms with Gasteiger partial charge in [-0.1, -0.05) is 35.9 Å². The van der Waals surface area contributed by atoms with Crippen LogP contribution in [0.2, 0.25) is 0 Å². The molecule has 0 bridgehead atoms. The maximum absolute atomic E-state index is 5.68. The second-order valence-electron chi connectivity index (χ2n) is 6.64. The molecule has 0 aliphatic carbocycles. The Labute approximate surface area is 153 Å². The van der Waals surface area contributed by atoms with Crippen LogP contribution in [0.3, 0.4) is 0 Å². The molecule has 0 amide bonds. The molecule has 26 heavy (non-hydrogen) atoms. The lowest BCUT2D eigenvalue weighted by atomic mass is 10.0. The molecule has 1 aromatic heterocycles. The van der Waals surface area contributed by atoms with Crippen molar-refractivity contribution in [2.24, 2.45) is 0 Å². The highest BCUT2D eigenvalue weighted by Gasteiger charge is 2.15. The number of fused-ring (bicyclic) bond motifs is 1. The Morgan fingerprint density at radius 3 is 2.65 bits per heavy atom. The fraction of sp³-hybridized carbons (Fsp3) is 0.286. The first-order chi connectivity index (χ1) is 12.7. The minimum Gasteiger partial charge on any atom is -0.486 e. The number of hydrogen-bond donors (Lipinski definition) is 2. The van der Waals surface area contributed by atoms with Gasteiger partial charge in [-0.15, -0.1) is 0 Å². The molecule has 0 radical (unpaired) electrons. The van der Waals surface area contributed by atoms with E-state index >= 15 is 0 Å². The fourth-order valence-corrected chi connectivity index (χ4v) is 3.13. The maximum Gasteiger partial charge on any atom is 0.161 e. The summed E-state index contributed by atoms with van der Waals surface area (Å²) in [6.45, 7) is 6.19. The van der Waals surface area contributed by atoms with Crippen LogP contribution in [0.5, 0.6) is 11.5 Å². The number of aryl methyl sites for hydroxylation is 1. The van der Waals surface area contributed by atoms with Crippen molar-refractivity contribution >= 4 is 0 Å². The predicted molar refractivity (Wildman–Crippen MR) is 101 cm³/mol. The van der Waals surface area contributed by atoms with E-state index in [2.05, 4.69) is 65.8 Å². The Bertz CT molecular complexity index is 887. The lowest BCUT2D eigenvalue weighted by Gasteiger charge is -2.21. The molecule has 1 aliphatic heterocycles. The van der Waals surface area contributed by atoms with Crippen molar-refractivity contribution in [3.05, 3.63) is 65.4 Å². The summed E-state index contributed by atoms with van der Waals surface area (Å²) in [5.41, 5.74) is 5.79. The van der Waals surface area contributed by atoms with Crippen molar-refractivity contribution in [3.8, 4) is 22.8 Å². The second-order valence-corrected chi connectivity index (χ2v) is 6.64. The smallest absolute Gasteiger partial charge is 0.161 e. The number of aromatic nitrogens is 2. The molecule has 0 saturated carbocycles. The Kier molecular flexibility index (Phi) is 4.63. The summed E-state index contributed by atoms with van der Waals surface area (Å²) >= 11 is 0. The first-order valence-corrected chi connectivity index (χ1v) is 8.93. The van der Waals surface area contributed by atoms with Gasteiger partial charge in [0.1, 0.15) is 13.2 Å². The number of hydrogen-bond acceptors (Lipinski definition) is 4. The summed E-state index contributed by atoms with van der Waals surface area (Å²) in [7, 11) is 0. The van der Waals surface area contributed by atoms with Crippen molar-refractivity contribution in [2.45, 2.75) is 26.4 Å². The van der Waals surface area contributed by atoms with Gasteiger partial charge in [0.15, 0.2) is 11.5 Å². The van der Waals surface area contributed by atoms with Crippen LogP contribution in [0.4, 0.5) is 0 Å². The summed E-state index contributed by atoms with van der Waals surface area (Å²) in [5, 5.41) is 10.9. The van der Waals surface area contributed by atoms with Crippen molar-refractivity contribution in [1.29, 1.82) is 0 Å². The van der Waals surface area contributed by atoms with E-state index in [1.165, 1.54) is 11.1 Å². The molecule has 1 aliphatic rings. The molecule has 2 N–H and O–H groups in total. The third kappa shape index (κ3) is 3.44. The van der Waals surface area contributed by atoms with E-state index in [0.717, 1.165) is 34.9 Å². The van der Waals surface area contributed by atoms with Gasteiger partial charge in [0, 0.05) is 18.2 Å². The Morgan fingerprint density at radius 1 is 1.08 bits per heavy atom. The lowest BCUT2D eigenvalue weighted by molar-refractivity contribution is 0.171. The molecule has 2 heterocycles. The quantitative estimate of drug-likeness (QED) is 0.731. The number of nitrogens with zero attached hydrogens (tertiary/aromatic N) is 1. The largest absolute Gasteiger partial charge is 0.486 e. The second kappa shape index (κ2) is 7.22. The van der Waals surface area contributed by atoms with Crippen LogP contribution in [-0.4, -0.2) is 23.4 Å². The molecule has 4 rings (SSSR count). The number of ether oxygens (including phenoxy) is 2. The van der Waals surface area contributed by atoms with Crippen molar-refractivity contribution in [3.63, 3.8) is 0 Å². The van der Waals surface area contributed by atoms with Gasteiger partial charge in [0.05, 0.1) is 11.9 Å². The number of nitrogens with one attached hydrogen (secondary N) is 2. The number of rotatable bonds is 5. The third-order valence-corrected chi connectivity index (χ3v) is 4.72. The van der Waals surface area contributed by atoms with Crippen LogP contribution in [0.1, 0.15) is 29.7 Å². The minimum atomic E-state index is 0.187. The summed E-state index contributed by atoms with van der Waals surface area (Å²) in [6.07, 6.45) is 1.89. The highest BCUT2D eigenvalue weighted by molar-refractivity contribution is 5.62. The highest BCUT2D eigenvalue weighted by Crippen LogP contribution is 2.32. The summed E-state index contributed by atoms with van der Waals surface area (Å²) in [5.74, 6) is 1.65. The molecular formula is C21H23N3O2. The zero-order chi connectivity index (χ0) is 17.9. The van der Waals surface area contributed by atoms with Crippen LogP contribution in [0, 0.1) is 6.92 Å². The SMILES string of the molecule is Cc1ccc(-c2[nH]ncc2CN[C@H](C)c2ccc3c(c2)OCCO3)cc1. The van der Waals surface area contributed by atoms with E-state index < -0.39 is 0 Å². The van der Waals surface area contributed by atoms with Crippen molar-refractivity contribution in [2.75, 3.05) is 13.2 Å². The van der Waals surface area contributed by atoms with E-state index in [1.807, 2.05) is 12.3 Å². The maximum atomic E-state index is 5.68. The summed E-state index contributed by atoms with van der Waals surface area (Å²) in [6, 6.07) is 14.8. The molecule has 5 heteroatoms. The summed E-state index contributed by atoms with van der Waals surface area (Å²) < 4.78 is 11.3. The molecule has 3 aromatic rings. The van der Waals surface area contributed by atoms with E-state index in [1.54, 1.807) is 0 Å². The molecular weight excluding hydrogens is 326 g/mol. The first-order valence-electron chi connectivity index (χ1n) is 8.93. The zero-order valence-electron chi connectivity index (χ0n) is 15.1. The average Bonchev–Trinajstić information content (AvgIpc) is 3.15. The average molecular weight is 349 g/mol. The van der Waals surface area contributed by atoms with Crippen LogP contribution in [-0.2, 0) is 6.54 Å². The zero-order valence-corrected chi connectivity index (χ0v) is 15.1. The summed E-state index contributed by atoms with van der Waals surface area (Å²) in [4.78, 5) is 0. The van der Waals surface area contributed by atoms with Gasteiger partial charge >= 0.3 is 0 Å². The van der Waals surface area contributed by atoms with E-state index in [4.69, 9.17) is 9.47 Å². The molecule has 1 atom stereocenters. The van der Waals surface area contributed by atoms with E-state index in [0.29, 0.717) is 13.2 Å². The highest BCUT2D eigenvalue weighted by atomic mass is 16.6. The molecule has 134 valence electrons. The standard InChI is InChI=1S/C21H23N3O2/c1-14-3-5-16(6-4-14)21-18(13-23-24-21)12-22-15(2)17-7-8-19-20(11-17)26-10-9-25-19/h3-8,11,13,15,22H,9-10,12H2,1-2H3,(H,23,24)/t15-/m1/s1. The molecule has 0 spiro atoms. The van der Waals surface area contributed by atoms with Crippen LogP contribution in [0.25, 0.3) is 11.3 Å². The number of benzene rings is 2. The monoisotopic (exact) mass is 349 g/mol. The van der Waals surface area contributed by atoms with Gasteiger partial charge < -0.3 is 14.8 Å². The van der Waals surface area contributed by atoms with Gasteiger partial charge in [-0.3, -0.25) is 5.10 Å². The molecule has 0 saturated heterocycles. The van der Waals surface area contributed by atoms with Crippen LogP contribution >= 0.6 is 0 Å². The van der Waals surface area contributed by atoms with E-state index in [-0.39, 0.29) is 6.04 Å². The minimum absolute atomic E-state index is 0.187. The number of H-pyrrole nitrogens is 1. The Balaban J connectivity index is 1.46. The molecule has 0 fully saturated rings. The lowest BCUT2D eigenvalue weighted by Crippen LogP contribution is -2.19. The molecule has 2 aromatic carbocycles. The fourth-order valence-electron chi connectivity index (χ4n) is 3.13. The molecule has 0 unspecified atom stereocenters. The predicted octanol–water partition coefficient (Wildman–Crippen LogP) is 4.01. The van der Waals surface area contributed by atoms with Gasteiger partial charge in [0.2, 0.25) is 0 Å². The normalized spacial score (nSPS) is 14.2. The van der Waals surface area contributed by atoms with Crippen LogP contribution < -0.4 is 14.8 Å². The van der Waals surface area contributed by atoms with Gasteiger partial charge in [-0.2, -0.15) is 5.10 Å². The first kappa shape index (κ1) is 16.7. The third-order valence-electron chi connectivity index (χ3n) is 4.72. The Morgan fingerprint density at radius 2 is 1.85 bits per heavy atom.